The number of aromatic nitrogens is 1. The molecule has 0 spiro atoms. The Morgan fingerprint density at radius 1 is 0.690 bits per heavy atom. The number of carboxylic acids is 1. The van der Waals surface area contributed by atoms with E-state index in [1.54, 1.807) is 49.5 Å². The van der Waals surface area contributed by atoms with Crippen molar-refractivity contribution in [2.45, 2.75) is 145 Å². The molecule has 2 aromatic carbocycles. The summed E-state index contributed by atoms with van der Waals surface area (Å²) in [5, 5.41) is 34.1. The maximum atomic E-state index is 14.8. The van der Waals surface area contributed by atoms with Gasteiger partial charge in [-0.3, -0.25) is 62.8 Å². The Balaban J connectivity index is 1.65. The predicted octanol–water partition coefficient (Wildman–Crippen LogP) is -1.86. The van der Waals surface area contributed by atoms with E-state index in [0.29, 0.717) is 24.0 Å². The number of rotatable bonds is 36. The monoisotopic (exact) mass is 1210 g/mol. The number of carboxylic acid groups (broad SMARTS) is 1. The van der Waals surface area contributed by atoms with Crippen LogP contribution in [0.5, 0.6) is 0 Å². The highest BCUT2D eigenvalue weighted by Crippen LogP contribution is 2.20. The van der Waals surface area contributed by atoms with Gasteiger partial charge in [0.05, 0.1) is 6.34 Å². The lowest BCUT2D eigenvalue weighted by molar-refractivity contribution is -0.139. The lowest BCUT2D eigenvalue weighted by Crippen LogP contribution is -2.61. The number of imide groups is 1. The predicted molar refractivity (Wildman–Crippen MR) is 319 cm³/mol. The number of carbonyl (C=O) groups excluding carboxylic acids is 10. The molecule has 458 valence electrons. The van der Waals surface area contributed by atoms with Gasteiger partial charge in [0.2, 0.25) is 47.3 Å². The number of nitrogens with two attached hydrogens (primary N) is 3. The minimum Gasteiger partial charge on any atom is -0.481 e. The number of primary amides is 1. The Kier molecular flexibility index (Phi) is 27.8. The zero-order valence-corrected chi connectivity index (χ0v) is 49.0. The first kappa shape index (κ1) is 68.1. The first-order valence-electron chi connectivity index (χ1n) is 27.3. The quantitative estimate of drug-likeness (QED) is 0.00998. The van der Waals surface area contributed by atoms with Crippen LogP contribution in [0, 0.1) is 0 Å². The first-order valence-corrected chi connectivity index (χ1v) is 28.6. The first-order chi connectivity index (χ1) is 40.0. The van der Waals surface area contributed by atoms with Gasteiger partial charge in [-0.05, 0) is 63.1 Å². The number of benzene rings is 2. The fraction of sp³-hybridized carbons (Fsp3) is 0.500. The van der Waals surface area contributed by atoms with E-state index in [4.69, 9.17) is 17.2 Å². The maximum Gasteiger partial charge on any atom is 0.325 e. The second-order valence-electron chi connectivity index (χ2n) is 20.0. The number of carbonyl (C=O) groups is 11. The van der Waals surface area contributed by atoms with Crippen molar-refractivity contribution in [1.82, 2.24) is 57.7 Å². The smallest absolute Gasteiger partial charge is 0.325 e. The molecule has 0 bridgehead atoms. The van der Waals surface area contributed by atoms with E-state index in [9.17, 15) is 57.8 Å². The van der Waals surface area contributed by atoms with Gasteiger partial charge in [-0.25, -0.2) is 4.79 Å². The van der Waals surface area contributed by atoms with Crippen LogP contribution in [-0.2, 0) is 60.8 Å². The van der Waals surface area contributed by atoms with Gasteiger partial charge in [-0.15, -0.1) is 0 Å². The number of urea groups is 1. The molecule has 1 aliphatic heterocycles. The van der Waals surface area contributed by atoms with Gasteiger partial charge in [-0.1, -0.05) is 68.3 Å². The molecule has 4 rings (SSSR count). The van der Waals surface area contributed by atoms with Gasteiger partial charge >= 0.3 is 12.0 Å². The molecule has 1 aliphatic rings. The summed E-state index contributed by atoms with van der Waals surface area (Å²) in [5.74, 6) is -10.0. The third kappa shape index (κ3) is 21.1. The number of thiol groups is 2. The molecule has 1 saturated heterocycles. The number of hydrogen-bond donors (Lipinski definition) is 16. The third-order valence-electron chi connectivity index (χ3n) is 13.5. The summed E-state index contributed by atoms with van der Waals surface area (Å²) < 4.78 is 0. The largest absolute Gasteiger partial charge is 0.481 e. The molecular weight excluding hydrogens is 1130 g/mol. The van der Waals surface area contributed by atoms with Crippen LogP contribution in [-0.4, -0.2) is 178 Å². The van der Waals surface area contributed by atoms with Crippen molar-refractivity contribution in [3.8, 4) is 0 Å². The minimum atomic E-state index is -1.66. The molecule has 0 saturated carbocycles. The summed E-state index contributed by atoms with van der Waals surface area (Å²) in [4.78, 5) is 162. The molecule has 10 atom stereocenters. The van der Waals surface area contributed by atoms with E-state index in [1.807, 2.05) is 25.1 Å². The van der Waals surface area contributed by atoms with E-state index in [1.165, 1.54) is 20.3 Å². The number of fused-ring (bicyclic) bond motifs is 1. The zero-order chi connectivity index (χ0) is 62.0. The molecule has 30 heteroatoms. The minimum absolute atomic E-state index is 0.0155. The van der Waals surface area contributed by atoms with Crippen molar-refractivity contribution < 1.29 is 57.8 Å². The van der Waals surface area contributed by atoms with E-state index < -0.39 is 138 Å². The Hall–Kier alpha value is -8.41. The average molecular weight is 1210 g/mol. The normalized spacial score (nSPS) is 16.3. The fourth-order valence-electron chi connectivity index (χ4n) is 8.92. The molecule has 11 amide bonds. The Morgan fingerprint density at radius 3 is 1.82 bits per heavy atom. The van der Waals surface area contributed by atoms with Gasteiger partial charge in [0.25, 0.3) is 5.91 Å². The zero-order valence-electron chi connectivity index (χ0n) is 47.2. The van der Waals surface area contributed by atoms with Crippen molar-refractivity contribution in [3.05, 3.63) is 71.9 Å². The molecule has 84 heavy (non-hydrogen) atoms. The number of amides is 11. The van der Waals surface area contributed by atoms with Crippen molar-refractivity contribution in [3.63, 3.8) is 0 Å². The molecule has 0 aliphatic carbocycles. The highest BCUT2D eigenvalue weighted by atomic mass is 32.1. The van der Waals surface area contributed by atoms with Crippen LogP contribution in [0.15, 0.2) is 70.8 Å². The molecule has 1 aromatic heterocycles. The van der Waals surface area contributed by atoms with Gasteiger partial charge in [0.1, 0.15) is 54.4 Å². The molecule has 1 unspecified atom stereocenters. The van der Waals surface area contributed by atoms with Crippen LogP contribution in [0.25, 0.3) is 10.9 Å². The number of aliphatic imine (C=N–C) groups is 2. The van der Waals surface area contributed by atoms with Crippen LogP contribution in [0.3, 0.4) is 0 Å². The number of para-hydroxylation sites is 1. The number of unbranched alkanes of at least 4 members (excludes halogenated alkanes) is 1. The van der Waals surface area contributed by atoms with E-state index in [0.717, 1.165) is 22.2 Å². The van der Waals surface area contributed by atoms with Crippen molar-refractivity contribution >= 4 is 114 Å². The summed E-state index contributed by atoms with van der Waals surface area (Å²) in [6.45, 7) is 4.88. The molecular formula is C54H78N16O12S2. The Labute approximate surface area is 496 Å². The van der Waals surface area contributed by atoms with Crippen LogP contribution >= 0.6 is 25.3 Å². The third-order valence-corrected chi connectivity index (χ3v) is 14.3. The molecule has 1 fully saturated rings. The number of H-pyrrole nitrogens is 1. The number of hydrogen-bond acceptors (Lipinski definition) is 15. The highest BCUT2D eigenvalue weighted by molar-refractivity contribution is 7.80. The van der Waals surface area contributed by atoms with Gasteiger partial charge < -0.3 is 75.1 Å². The fourth-order valence-corrected chi connectivity index (χ4v) is 9.44. The van der Waals surface area contributed by atoms with Crippen molar-refractivity contribution in [1.29, 1.82) is 0 Å². The molecule has 2 heterocycles. The SMILES string of the molecule is CCCC[C@@H]1NC(=O)N([C@@H](C)C(=O)N[C@@H](CS)C(=O)N[C@@H](CCC(=O)O)C(=O)N[C@@H](CC(C)NC=NC)C(=O)N[C@H](Cc2ccccc2)C(=O)N[C@@H](CCCN=C(N)N)C(=O)N[C@@H](Cc2c[nH]c3ccccc23)C(=O)N[C@@H](CS)C(N)=O)C1=O. The lowest BCUT2D eigenvalue weighted by Gasteiger charge is -2.29. The summed E-state index contributed by atoms with van der Waals surface area (Å²) in [6, 6.07) is 1.93. The van der Waals surface area contributed by atoms with Gasteiger partial charge in [-0.2, -0.15) is 25.3 Å². The summed E-state index contributed by atoms with van der Waals surface area (Å²) in [6.07, 6.45) is 3.12. The van der Waals surface area contributed by atoms with Crippen LogP contribution in [0.2, 0.25) is 0 Å². The number of nitrogens with one attached hydrogen (secondary N) is 10. The van der Waals surface area contributed by atoms with Crippen LogP contribution < -0.4 is 65.1 Å². The number of aromatic amines is 1. The second-order valence-corrected chi connectivity index (χ2v) is 20.8. The summed E-state index contributed by atoms with van der Waals surface area (Å²) in [7, 11) is 1.48. The average Bonchev–Trinajstić information content (AvgIpc) is 3.93. The standard InChI is InChI=1S/C54H78N16O12S2/c1-5-6-16-37-52(81)70(54(82)69-37)30(3)45(74)68-42(27-84)51(80)63-36(19-20-43(71)72)47(76)64-38(22-29(2)61-28-58-4)48(77)65-39(23-31-13-8-7-9-14-31)49(78)62-35(18-12-21-59-53(56)57)46(75)66-40(50(79)67-41(26-83)44(55)73)24-32-25-60-34-17-11-10-15-33(32)34/h7-11,13-15,17,25,28-30,35-42,60,83-84H,5-6,12,16,18-24,26-27H2,1-4H3,(H2,55,73)(H,58,61)(H,62,78)(H,63,80)(H,64,76)(H,65,77)(H,66,75)(H,67,79)(H,68,74)(H,69,82)(H,71,72)(H4,56,57,59)/t29?,30-,35-,36-,37-,38-,39+,40-,41-,42-/m0/s1. The lowest BCUT2D eigenvalue weighted by atomic mass is 10.0. The molecule has 0 radical (unpaired) electrons. The van der Waals surface area contributed by atoms with Crippen LogP contribution in [0.4, 0.5) is 4.79 Å². The Morgan fingerprint density at radius 2 is 1.23 bits per heavy atom. The topological polar surface area (TPSA) is 438 Å². The van der Waals surface area contributed by atoms with Gasteiger partial charge in [0, 0.05) is 67.5 Å². The van der Waals surface area contributed by atoms with E-state index >= 15 is 0 Å². The Bertz CT molecular complexity index is 2850. The number of aliphatic carboxylic acids is 1. The number of nitrogens with zero attached hydrogens (tertiary/aromatic N) is 3. The maximum absolute atomic E-state index is 14.8. The summed E-state index contributed by atoms with van der Waals surface area (Å²) in [5.41, 5.74) is 18.6. The second kappa shape index (κ2) is 34.3. The molecule has 17 N–H and O–H groups in total. The highest BCUT2D eigenvalue weighted by Gasteiger charge is 2.43. The van der Waals surface area contributed by atoms with E-state index in [2.05, 4.69) is 88.1 Å². The molecule has 3 aromatic rings. The van der Waals surface area contributed by atoms with E-state index in [-0.39, 0.29) is 56.1 Å². The van der Waals surface area contributed by atoms with Crippen LogP contribution in [0.1, 0.15) is 83.3 Å². The van der Waals surface area contributed by atoms with Gasteiger partial charge in [0.15, 0.2) is 5.96 Å². The summed E-state index contributed by atoms with van der Waals surface area (Å²) >= 11 is 8.36. The number of guanidine groups is 1. The molecule has 28 nitrogen and oxygen atoms in total. The van der Waals surface area contributed by atoms with Crippen molar-refractivity contribution in [2.24, 2.45) is 27.2 Å². The van der Waals surface area contributed by atoms with Crippen molar-refractivity contribution in [2.75, 3.05) is 25.1 Å².